The number of nitrogens with one attached hydrogen (secondary N) is 1. The Morgan fingerprint density at radius 2 is 1.62 bits per heavy atom. The van der Waals surface area contributed by atoms with E-state index in [9.17, 15) is 4.79 Å². The Labute approximate surface area is 130 Å². The van der Waals surface area contributed by atoms with Gasteiger partial charge in [-0.25, -0.2) is 0 Å². The van der Waals surface area contributed by atoms with Crippen molar-refractivity contribution in [2.45, 2.75) is 71.6 Å². The highest BCUT2D eigenvalue weighted by atomic mass is 16.2. The van der Waals surface area contributed by atoms with Crippen LogP contribution in [-0.4, -0.2) is 37.0 Å². The van der Waals surface area contributed by atoms with E-state index < -0.39 is 0 Å². The van der Waals surface area contributed by atoms with Crippen molar-refractivity contribution in [3.8, 4) is 0 Å². The van der Waals surface area contributed by atoms with Crippen molar-refractivity contribution in [3.05, 3.63) is 0 Å². The highest BCUT2D eigenvalue weighted by Crippen LogP contribution is 2.59. The van der Waals surface area contributed by atoms with Crippen LogP contribution < -0.4 is 5.32 Å². The first-order chi connectivity index (χ1) is 10.2. The van der Waals surface area contributed by atoms with Crippen LogP contribution in [0, 0.1) is 11.3 Å². The molecule has 1 amide bonds. The number of carbonyl (C=O) groups is 1. The van der Waals surface area contributed by atoms with Crippen molar-refractivity contribution in [2.75, 3.05) is 26.2 Å². The fourth-order valence-electron chi connectivity index (χ4n) is 3.83. The van der Waals surface area contributed by atoms with Gasteiger partial charge in [0.2, 0.25) is 5.91 Å². The van der Waals surface area contributed by atoms with Gasteiger partial charge in [0.1, 0.15) is 0 Å². The van der Waals surface area contributed by atoms with E-state index in [1.165, 1.54) is 51.4 Å². The summed E-state index contributed by atoms with van der Waals surface area (Å²) in [5.41, 5.74) is 0.385. The molecule has 21 heavy (non-hydrogen) atoms. The number of hydrogen-bond donors (Lipinski definition) is 1. The Morgan fingerprint density at radius 3 is 2.14 bits per heavy atom. The Balaban J connectivity index is 1.84. The number of carbonyl (C=O) groups excluding carboxylic acids is 1. The van der Waals surface area contributed by atoms with Crippen molar-refractivity contribution in [1.82, 2.24) is 10.2 Å². The maximum absolute atomic E-state index is 12.9. The normalized spacial score (nSPS) is 23.2. The SMILES string of the molecule is CCCCCN(CCCCC)C(=O)C1CC12CCNCC2. The molecule has 1 atom stereocenters. The van der Waals surface area contributed by atoms with E-state index in [1.807, 2.05) is 0 Å². The van der Waals surface area contributed by atoms with E-state index >= 15 is 0 Å². The summed E-state index contributed by atoms with van der Waals surface area (Å²) in [4.78, 5) is 15.1. The first kappa shape index (κ1) is 16.8. The molecule has 1 aliphatic carbocycles. The van der Waals surface area contributed by atoms with E-state index in [0.29, 0.717) is 17.2 Å². The van der Waals surface area contributed by atoms with Crippen molar-refractivity contribution < 1.29 is 4.79 Å². The van der Waals surface area contributed by atoms with Gasteiger partial charge in [-0.3, -0.25) is 4.79 Å². The second-order valence-electron chi connectivity index (χ2n) is 7.11. The Bertz CT molecular complexity index is 313. The third-order valence-electron chi connectivity index (χ3n) is 5.46. The molecule has 3 heteroatoms. The molecule has 2 fully saturated rings. The van der Waals surface area contributed by atoms with Crippen molar-refractivity contribution >= 4 is 5.91 Å². The van der Waals surface area contributed by atoms with Gasteiger partial charge < -0.3 is 10.2 Å². The van der Waals surface area contributed by atoms with Crippen molar-refractivity contribution in [2.24, 2.45) is 11.3 Å². The highest BCUT2D eigenvalue weighted by Gasteiger charge is 2.58. The van der Waals surface area contributed by atoms with Gasteiger partial charge in [0.15, 0.2) is 0 Å². The zero-order valence-electron chi connectivity index (χ0n) is 14.1. The zero-order valence-corrected chi connectivity index (χ0v) is 14.1. The number of amides is 1. The third kappa shape index (κ3) is 4.45. The second kappa shape index (κ2) is 8.17. The molecule has 1 N–H and O–H groups in total. The molecule has 2 aliphatic rings. The molecular formula is C18H34N2O. The minimum Gasteiger partial charge on any atom is -0.342 e. The lowest BCUT2D eigenvalue weighted by Crippen LogP contribution is -2.37. The van der Waals surface area contributed by atoms with Gasteiger partial charge in [-0.15, -0.1) is 0 Å². The summed E-state index contributed by atoms with van der Waals surface area (Å²) in [5, 5.41) is 3.43. The molecule has 0 aromatic carbocycles. The second-order valence-corrected chi connectivity index (χ2v) is 7.11. The van der Waals surface area contributed by atoms with Gasteiger partial charge in [0.05, 0.1) is 0 Å². The Hall–Kier alpha value is -0.570. The van der Waals surface area contributed by atoms with E-state index in [0.717, 1.165) is 32.6 Å². The standard InChI is InChI=1S/C18H34N2O/c1-3-5-7-13-20(14-8-6-4-2)17(21)16-15-18(16)9-11-19-12-10-18/h16,19H,3-15H2,1-2H3. The molecule has 0 aromatic heterocycles. The molecule has 1 aliphatic heterocycles. The fraction of sp³-hybridized carbons (Fsp3) is 0.944. The average molecular weight is 294 g/mol. The van der Waals surface area contributed by atoms with E-state index in [2.05, 4.69) is 24.1 Å². The lowest BCUT2D eigenvalue weighted by Gasteiger charge is -2.27. The van der Waals surface area contributed by atoms with Gasteiger partial charge in [-0.2, -0.15) is 0 Å². The molecule has 122 valence electrons. The molecule has 1 heterocycles. The number of rotatable bonds is 9. The first-order valence-electron chi connectivity index (χ1n) is 9.23. The van der Waals surface area contributed by atoms with E-state index in [4.69, 9.17) is 0 Å². The lowest BCUT2D eigenvalue weighted by atomic mass is 9.91. The van der Waals surface area contributed by atoms with Crippen molar-refractivity contribution in [3.63, 3.8) is 0 Å². The highest BCUT2D eigenvalue weighted by molar-refractivity contribution is 5.82. The van der Waals surface area contributed by atoms with Crippen LogP contribution >= 0.6 is 0 Å². The number of unbranched alkanes of at least 4 members (excludes halogenated alkanes) is 4. The molecule has 1 unspecified atom stereocenters. The molecule has 1 spiro atoms. The van der Waals surface area contributed by atoms with Gasteiger partial charge in [-0.1, -0.05) is 39.5 Å². The maximum atomic E-state index is 12.9. The van der Waals surface area contributed by atoms with Gasteiger partial charge >= 0.3 is 0 Å². The van der Waals surface area contributed by atoms with Gasteiger partial charge in [0.25, 0.3) is 0 Å². The molecule has 2 rings (SSSR count). The van der Waals surface area contributed by atoms with Crippen LogP contribution in [0.5, 0.6) is 0 Å². The summed E-state index contributed by atoms with van der Waals surface area (Å²) < 4.78 is 0. The van der Waals surface area contributed by atoms with Gasteiger partial charge in [-0.05, 0) is 50.6 Å². The zero-order chi connectivity index (χ0) is 15.1. The van der Waals surface area contributed by atoms with Crippen LogP contribution in [0.1, 0.15) is 71.6 Å². The monoisotopic (exact) mass is 294 g/mol. The van der Waals surface area contributed by atoms with Gasteiger partial charge in [0, 0.05) is 19.0 Å². The number of nitrogens with zero attached hydrogens (tertiary/aromatic N) is 1. The van der Waals surface area contributed by atoms with Crippen LogP contribution in [0.2, 0.25) is 0 Å². The minimum atomic E-state index is 0.350. The summed E-state index contributed by atoms with van der Waals surface area (Å²) >= 11 is 0. The molecule has 0 bridgehead atoms. The molecular weight excluding hydrogens is 260 g/mol. The van der Waals surface area contributed by atoms with Crippen LogP contribution in [0.4, 0.5) is 0 Å². The molecule has 0 radical (unpaired) electrons. The van der Waals surface area contributed by atoms with Crippen LogP contribution in [0.25, 0.3) is 0 Å². The Morgan fingerprint density at radius 1 is 1.05 bits per heavy atom. The maximum Gasteiger partial charge on any atom is 0.226 e. The predicted octanol–water partition coefficient (Wildman–Crippen LogP) is 3.59. The van der Waals surface area contributed by atoms with Crippen LogP contribution in [0.15, 0.2) is 0 Å². The van der Waals surface area contributed by atoms with Crippen LogP contribution in [0.3, 0.4) is 0 Å². The smallest absolute Gasteiger partial charge is 0.226 e. The summed E-state index contributed by atoms with van der Waals surface area (Å²) in [7, 11) is 0. The molecule has 1 saturated carbocycles. The minimum absolute atomic E-state index is 0.350. The fourth-order valence-corrected chi connectivity index (χ4v) is 3.83. The summed E-state index contributed by atoms with van der Waals surface area (Å²) in [6, 6.07) is 0. The Kier molecular flexibility index (Phi) is 6.53. The quantitative estimate of drug-likeness (QED) is 0.659. The molecule has 1 saturated heterocycles. The predicted molar refractivity (Wildman–Crippen MR) is 88.3 cm³/mol. The first-order valence-corrected chi connectivity index (χ1v) is 9.23. The topological polar surface area (TPSA) is 32.3 Å². The number of hydrogen-bond acceptors (Lipinski definition) is 2. The van der Waals surface area contributed by atoms with Crippen molar-refractivity contribution in [1.29, 1.82) is 0 Å². The largest absolute Gasteiger partial charge is 0.342 e. The summed E-state index contributed by atoms with van der Waals surface area (Å²) in [6.45, 7) is 8.65. The average Bonchev–Trinajstić information content (AvgIpc) is 3.19. The third-order valence-corrected chi connectivity index (χ3v) is 5.46. The summed E-state index contributed by atoms with van der Waals surface area (Å²) in [6.07, 6.45) is 10.9. The molecule has 3 nitrogen and oxygen atoms in total. The molecule has 0 aromatic rings. The van der Waals surface area contributed by atoms with E-state index in [-0.39, 0.29) is 0 Å². The lowest BCUT2D eigenvalue weighted by molar-refractivity contribution is -0.133. The number of piperidine rings is 1. The van der Waals surface area contributed by atoms with Crippen LogP contribution in [-0.2, 0) is 4.79 Å². The summed E-state index contributed by atoms with van der Waals surface area (Å²) in [5.74, 6) is 0.826. The van der Waals surface area contributed by atoms with E-state index in [1.54, 1.807) is 0 Å².